The number of rotatable bonds is 14. The lowest BCUT2D eigenvalue weighted by molar-refractivity contribution is -0.145. The number of carbonyl (C=O) groups excluding carboxylic acids is 3. The standard InChI is InChI=1S/C32H46N4O4S/c1-7-18-34(19-8-2)28(38)25-26-29(39)36(21-22-37)27(32(26)17-16-31(25,6)41-32)30(40)35(20-9-3)24-14-12-23(13-15-24)33(10-4)11-5/h7,9,12-15,25-27,37H,1,3,8,10-11,16-22H2,2,4-6H3/t25-,26+,27?,31+,32?/m1/s1. The summed E-state index contributed by atoms with van der Waals surface area (Å²) in [5.74, 6) is -1.56. The van der Waals surface area contributed by atoms with E-state index in [-0.39, 0.29) is 37.4 Å². The van der Waals surface area contributed by atoms with E-state index in [0.717, 1.165) is 37.3 Å². The van der Waals surface area contributed by atoms with Gasteiger partial charge >= 0.3 is 0 Å². The lowest BCUT2D eigenvalue weighted by atomic mass is 9.66. The van der Waals surface area contributed by atoms with Crippen LogP contribution in [0.5, 0.6) is 0 Å². The molecule has 3 aliphatic heterocycles. The number of nitrogens with zero attached hydrogens (tertiary/aromatic N) is 4. The molecule has 3 aliphatic rings. The van der Waals surface area contributed by atoms with Crippen molar-refractivity contribution >= 4 is 40.9 Å². The average molecular weight is 583 g/mol. The third-order valence-corrected chi connectivity index (χ3v) is 11.1. The summed E-state index contributed by atoms with van der Waals surface area (Å²) in [6, 6.07) is 7.15. The van der Waals surface area contributed by atoms with Gasteiger partial charge in [0.15, 0.2) is 0 Å². The highest BCUT2D eigenvalue weighted by Crippen LogP contribution is 2.71. The van der Waals surface area contributed by atoms with Crippen molar-refractivity contribution in [2.75, 3.05) is 55.7 Å². The van der Waals surface area contributed by atoms with Gasteiger partial charge in [0.1, 0.15) is 6.04 Å². The first-order chi connectivity index (χ1) is 19.7. The van der Waals surface area contributed by atoms with Gasteiger partial charge in [0, 0.05) is 55.4 Å². The molecule has 41 heavy (non-hydrogen) atoms. The molecule has 224 valence electrons. The summed E-state index contributed by atoms with van der Waals surface area (Å²) in [5.41, 5.74) is 1.82. The first-order valence-corrected chi connectivity index (χ1v) is 15.8. The summed E-state index contributed by atoms with van der Waals surface area (Å²) in [4.78, 5) is 50.2. The second kappa shape index (κ2) is 12.6. The fraction of sp³-hybridized carbons (Fsp3) is 0.594. The molecule has 0 aromatic heterocycles. The van der Waals surface area contributed by atoms with Crippen LogP contribution in [0, 0.1) is 11.8 Å². The molecule has 2 unspecified atom stereocenters. The molecule has 1 N–H and O–H groups in total. The summed E-state index contributed by atoms with van der Waals surface area (Å²) in [5, 5.41) is 9.98. The predicted molar refractivity (Wildman–Crippen MR) is 167 cm³/mol. The maximum atomic E-state index is 14.6. The average Bonchev–Trinajstić information content (AvgIpc) is 3.53. The number of benzene rings is 1. The number of fused-ring (bicyclic) bond motifs is 1. The van der Waals surface area contributed by atoms with Crippen LogP contribution in [-0.4, -0.2) is 94.0 Å². The molecule has 0 saturated carbocycles. The fourth-order valence-electron chi connectivity index (χ4n) is 7.37. The Bertz CT molecular complexity index is 1150. The summed E-state index contributed by atoms with van der Waals surface area (Å²) >= 11 is 1.66. The number of hydrogen-bond acceptors (Lipinski definition) is 6. The van der Waals surface area contributed by atoms with Crippen molar-refractivity contribution in [3.8, 4) is 0 Å². The van der Waals surface area contributed by atoms with Gasteiger partial charge in [-0.3, -0.25) is 14.4 Å². The van der Waals surface area contributed by atoms with Crippen LogP contribution in [0.1, 0.15) is 47.0 Å². The first kappa shape index (κ1) is 31.2. The first-order valence-electron chi connectivity index (χ1n) is 15.0. The maximum absolute atomic E-state index is 14.6. The lowest BCUT2D eigenvalue weighted by Crippen LogP contribution is -2.55. The maximum Gasteiger partial charge on any atom is 0.251 e. The second-order valence-electron chi connectivity index (χ2n) is 11.5. The van der Waals surface area contributed by atoms with Crippen LogP contribution in [0.3, 0.4) is 0 Å². The van der Waals surface area contributed by atoms with E-state index in [1.54, 1.807) is 38.6 Å². The fourth-order valence-corrected chi connectivity index (χ4v) is 9.72. The van der Waals surface area contributed by atoms with E-state index in [9.17, 15) is 19.5 Å². The van der Waals surface area contributed by atoms with Crippen molar-refractivity contribution < 1.29 is 19.5 Å². The number of aliphatic hydroxyl groups excluding tert-OH is 1. The highest BCUT2D eigenvalue weighted by Gasteiger charge is 2.77. The number of hydrogen-bond donors (Lipinski definition) is 1. The van der Waals surface area contributed by atoms with Crippen LogP contribution in [0.25, 0.3) is 0 Å². The van der Waals surface area contributed by atoms with Crippen LogP contribution < -0.4 is 9.80 Å². The largest absolute Gasteiger partial charge is 0.395 e. The molecule has 0 radical (unpaired) electrons. The highest BCUT2D eigenvalue weighted by atomic mass is 32.2. The van der Waals surface area contributed by atoms with Gasteiger partial charge in [-0.2, -0.15) is 0 Å². The van der Waals surface area contributed by atoms with Gasteiger partial charge in [0.25, 0.3) is 5.91 Å². The Morgan fingerprint density at radius 3 is 2.24 bits per heavy atom. The molecule has 1 aromatic carbocycles. The molecule has 1 spiro atoms. The molecule has 5 atom stereocenters. The summed E-state index contributed by atoms with van der Waals surface area (Å²) in [6.07, 6.45) is 5.66. The minimum absolute atomic E-state index is 0.0336. The normalized spacial score (nSPS) is 28.0. The van der Waals surface area contributed by atoms with Gasteiger partial charge in [0.05, 0.1) is 23.2 Å². The van der Waals surface area contributed by atoms with E-state index in [2.05, 4.69) is 38.8 Å². The predicted octanol–water partition coefficient (Wildman–Crippen LogP) is 3.95. The smallest absolute Gasteiger partial charge is 0.251 e. The van der Waals surface area contributed by atoms with Gasteiger partial charge in [0.2, 0.25) is 11.8 Å². The summed E-state index contributed by atoms with van der Waals surface area (Å²) in [6.45, 7) is 19.0. The molecule has 0 aliphatic carbocycles. The number of carbonyl (C=O) groups is 3. The Morgan fingerprint density at radius 1 is 1.05 bits per heavy atom. The number of likely N-dealkylation sites (tertiary alicyclic amines) is 1. The molecular formula is C32H46N4O4S. The number of anilines is 2. The van der Waals surface area contributed by atoms with Crippen LogP contribution in [0.15, 0.2) is 49.6 Å². The Balaban J connectivity index is 1.74. The molecule has 4 rings (SSSR count). The molecule has 3 amide bonds. The van der Waals surface area contributed by atoms with Gasteiger partial charge in [-0.15, -0.1) is 24.9 Å². The minimum Gasteiger partial charge on any atom is -0.395 e. The van der Waals surface area contributed by atoms with E-state index in [1.165, 1.54) is 0 Å². The molecule has 1 aromatic rings. The van der Waals surface area contributed by atoms with Gasteiger partial charge < -0.3 is 24.7 Å². The quantitative estimate of drug-likeness (QED) is 0.335. The molecule has 3 heterocycles. The zero-order chi connectivity index (χ0) is 29.9. The number of aliphatic hydroxyl groups is 1. The highest BCUT2D eigenvalue weighted by molar-refractivity contribution is 8.02. The van der Waals surface area contributed by atoms with Crippen LogP contribution >= 0.6 is 11.8 Å². The molecule has 2 bridgehead atoms. The van der Waals surface area contributed by atoms with Crippen molar-refractivity contribution in [3.63, 3.8) is 0 Å². The Labute approximate surface area is 249 Å². The molecule has 8 nitrogen and oxygen atoms in total. The van der Waals surface area contributed by atoms with Crippen LogP contribution in [0.4, 0.5) is 11.4 Å². The summed E-state index contributed by atoms with van der Waals surface area (Å²) < 4.78 is -1.17. The van der Waals surface area contributed by atoms with Gasteiger partial charge in [-0.05, 0) is 64.3 Å². The van der Waals surface area contributed by atoms with E-state index < -0.39 is 27.4 Å². The minimum atomic E-state index is -0.779. The zero-order valence-electron chi connectivity index (χ0n) is 25.1. The molecular weight excluding hydrogens is 536 g/mol. The molecule has 9 heteroatoms. The third kappa shape index (κ3) is 5.20. The van der Waals surface area contributed by atoms with Crippen LogP contribution in [0.2, 0.25) is 0 Å². The van der Waals surface area contributed by atoms with E-state index in [0.29, 0.717) is 19.5 Å². The zero-order valence-corrected chi connectivity index (χ0v) is 25.9. The van der Waals surface area contributed by atoms with E-state index in [4.69, 9.17) is 0 Å². The van der Waals surface area contributed by atoms with Crippen molar-refractivity contribution in [2.24, 2.45) is 11.8 Å². The topological polar surface area (TPSA) is 84.4 Å². The van der Waals surface area contributed by atoms with Crippen molar-refractivity contribution in [1.82, 2.24) is 9.80 Å². The molecule has 3 fully saturated rings. The third-order valence-electron chi connectivity index (χ3n) is 9.14. The summed E-state index contributed by atoms with van der Waals surface area (Å²) in [7, 11) is 0. The Kier molecular flexibility index (Phi) is 9.59. The lowest BCUT2D eigenvalue weighted by Gasteiger charge is -2.38. The van der Waals surface area contributed by atoms with Crippen molar-refractivity contribution in [1.29, 1.82) is 0 Å². The molecule has 3 saturated heterocycles. The van der Waals surface area contributed by atoms with Gasteiger partial charge in [-0.25, -0.2) is 0 Å². The number of thioether (sulfide) groups is 1. The Hall–Kier alpha value is -2.78. The Morgan fingerprint density at radius 2 is 1.68 bits per heavy atom. The van der Waals surface area contributed by atoms with Crippen molar-refractivity contribution in [3.05, 3.63) is 49.6 Å². The van der Waals surface area contributed by atoms with Crippen molar-refractivity contribution in [2.45, 2.75) is 62.5 Å². The monoisotopic (exact) mass is 582 g/mol. The van der Waals surface area contributed by atoms with Gasteiger partial charge in [-0.1, -0.05) is 19.1 Å². The van der Waals surface area contributed by atoms with E-state index >= 15 is 0 Å². The number of β-amino-alcohol motifs (C(OH)–C–C–N with tert-alkyl or cyclic N) is 1. The van der Waals surface area contributed by atoms with E-state index in [1.807, 2.05) is 31.2 Å². The van der Waals surface area contributed by atoms with Crippen LogP contribution in [-0.2, 0) is 14.4 Å². The number of amides is 3. The SMILES string of the molecule is C=CCN(CCC)C(=O)[C@H]1[C@H]2C(=O)N(CCO)C(C(=O)N(CC=C)c3ccc(N(CC)CC)cc3)C23CC[C@]1(C)S3. The second-order valence-corrected chi connectivity index (χ2v) is 13.4.